The molecule has 2 heterocycles. The van der Waals surface area contributed by atoms with Crippen molar-refractivity contribution in [1.29, 1.82) is 0 Å². The first-order chi connectivity index (χ1) is 11.8. The van der Waals surface area contributed by atoms with Gasteiger partial charge in [-0.25, -0.2) is 0 Å². The predicted molar refractivity (Wildman–Crippen MR) is 111 cm³/mol. The fraction of sp³-hybridized carbons (Fsp3) is 0.789. The fourth-order valence-electron chi connectivity index (χ4n) is 6.16. The van der Waals surface area contributed by atoms with Crippen LogP contribution in [0.4, 0.5) is 11.5 Å². The summed E-state index contributed by atoms with van der Waals surface area (Å²) in [4.78, 5) is 2.43. The van der Waals surface area contributed by atoms with Gasteiger partial charge in [-0.1, -0.05) is 0 Å². The molecule has 6 rings (SSSR count). The number of nitrogens with zero attached hydrogens (tertiary/aromatic N) is 3. The molecule has 5 nitrogen and oxygen atoms in total. The maximum absolute atomic E-state index is 4.40. The Hall–Kier alpha value is -0.780. The van der Waals surface area contributed by atoms with E-state index < -0.39 is 0 Å². The van der Waals surface area contributed by atoms with Gasteiger partial charge in [0.05, 0.1) is 11.9 Å². The zero-order chi connectivity index (χ0) is 16.1. The molecule has 0 amide bonds. The molecule has 0 aromatic carbocycles. The van der Waals surface area contributed by atoms with Crippen LogP contribution in [-0.4, -0.2) is 42.4 Å². The van der Waals surface area contributed by atoms with Crippen molar-refractivity contribution in [1.82, 2.24) is 15.5 Å². The van der Waals surface area contributed by atoms with Gasteiger partial charge in [-0.05, 0) is 69.2 Å². The van der Waals surface area contributed by atoms with Crippen LogP contribution >= 0.6 is 24.8 Å². The molecule has 0 radical (unpaired) electrons. The normalized spacial score (nSPS) is 37.2. The molecule has 4 bridgehead atoms. The number of nitrogens with one attached hydrogen (secondary N) is 2. The number of likely N-dealkylation sites (N-methyl/N-ethyl adjacent to an activating group) is 1. The van der Waals surface area contributed by atoms with E-state index >= 15 is 0 Å². The summed E-state index contributed by atoms with van der Waals surface area (Å²) in [5.74, 6) is 4.76. The maximum Gasteiger partial charge on any atom is 0.150 e. The topological polar surface area (TPSA) is 53.1 Å². The van der Waals surface area contributed by atoms with Crippen LogP contribution < -0.4 is 15.5 Å². The number of anilines is 2. The monoisotopic (exact) mass is 399 g/mol. The highest BCUT2D eigenvalue weighted by molar-refractivity contribution is 5.85. The van der Waals surface area contributed by atoms with Gasteiger partial charge in [0.25, 0.3) is 0 Å². The molecule has 5 aliphatic rings. The molecule has 4 saturated carbocycles. The van der Waals surface area contributed by atoms with E-state index in [1.807, 2.05) is 6.20 Å². The summed E-state index contributed by atoms with van der Waals surface area (Å²) >= 11 is 0. The Morgan fingerprint density at radius 2 is 1.73 bits per heavy atom. The molecule has 1 aliphatic heterocycles. The first-order valence-electron chi connectivity index (χ1n) is 9.80. The van der Waals surface area contributed by atoms with Gasteiger partial charge in [0.15, 0.2) is 5.82 Å². The number of hydrogen-bond donors (Lipinski definition) is 2. The molecule has 0 spiro atoms. The lowest BCUT2D eigenvalue weighted by molar-refractivity contribution is 0.00739. The van der Waals surface area contributed by atoms with Gasteiger partial charge in [-0.3, -0.25) is 0 Å². The molecule has 1 atom stereocenters. The lowest BCUT2D eigenvalue weighted by Crippen LogP contribution is -2.51. The van der Waals surface area contributed by atoms with E-state index in [0.717, 1.165) is 42.6 Å². The standard InChI is InChI=1S/C19H29N5.2ClH/c1-20-16-2-3-24(11-16)17-9-18(23-21-10-17)22-19-14-5-12-4-13(7-14)8-15(19)6-12;;/h9-10,12-16,19-20H,2-8,11H2,1H3,(H,22,23);2*1H/t12?,13?,14?,15?,16-,19?;;/m1../s1. The highest BCUT2D eigenvalue weighted by atomic mass is 35.5. The van der Waals surface area contributed by atoms with E-state index in [0.29, 0.717) is 12.1 Å². The summed E-state index contributed by atoms with van der Waals surface area (Å²) in [7, 11) is 2.05. The Labute approximate surface area is 168 Å². The minimum atomic E-state index is 0. The van der Waals surface area contributed by atoms with E-state index in [1.165, 1.54) is 44.2 Å². The summed E-state index contributed by atoms with van der Waals surface area (Å²) in [6.45, 7) is 2.17. The Bertz CT molecular complexity index is 585. The molecular weight excluding hydrogens is 369 g/mol. The Morgan fingerprint density at radius 1 is 1.04 bits per heavy atom. The maximum atomic E-state index is 4.40. The molecule has 2 N–H and O–H groups in total. The van der Waals surface area contributed by atoms with Crippen LogP contribution in [0.2, 0.25) is 0 Å². The van der Waals surface area contributed by atoms with Crippen LogP contribution in [-0.2, 0) is 0 Å². The number of aromatic nitrogens is 2. The van der Waals surface area contributed by atoms with E-state index in [9.17, 15) is 0 Å². The second-order valence-electron chi connectivity index (χ2n) is 8.62. The van der Waals surface area contributed by atoms with Crippen LogP contribution in [0, 0.1) is 23.7 Å². The molecule has 5 fully saturated rings. The Morgan fingerprint density at radius 3 is 2.35 bits per heavy atom. The zero-order valence-electron chi connectivity index (χ0n) is 15.4. The largest absolute Gasteiger partial charge is 0.369 e. The van der Waals surface area contributed by atoms with Gasteiger partial charge in [-0.15, -0.1) is 29.9 Å². The third-order valence-corrected chi connectivity index (χ3v) is 7.14. The molecule has 146 valence electrons. The van der Waals surface area contributed by atoms with Crippen molar-refractivity contribution < 1.29 is 0 Å². The van der Waals surface area contributed by atoms with Crippen molar-refractivity contribution in [2.45, 2.75) is 50.6 Å². The van der Waals surface area contributed by atoms with Crippen molar-refractivity contribution in [3.05, 3.63) is 12.3 Å². The van der Waals surface area contributed by atoms with Gasteiger partial charge in [0.2, 0.25) is 0 Å². The highest BCUT2D eigenvalue weighted by Crippen LogP contribution is 2.54. The van der Waals surface area contributed by atoms with Crippen LogP contribution in [0.5, 0.6) is 0 Å². The third kappa shape index (κ3) is 3.63. The van der Waals surface area contributed by atoms with Crippen molar-refractivity contribution in [3.63, 3.8) is 0 Å². The lowest BCUT2D eigenvalue weighted by Gasteiger charge is -2.54. The van der Waals surface area contributed by atoms with E-state index in [-0.39, 0.29) is 24.8 Å². The van der Waals surface area contributed by atoms with Crippen molar-refractivity contribution in [3.8, 4) is 0 Å². The van der Waals surface area contributed by atoms with Crippen molar-refractivity contribution in [2.24, 2.45) is 23.7 Å². The predicted octanol–water partition coefficient (Wildman–Crippen LogP) is 3.35. The second kappa shape index (κ2) is 8.07. The van der Waals surface area contributed by atoms with Gasteiger partial charge < -0.3 is 15.5 Å². The van der Waals surface area contributed by atoms with Crippen molar-refractivity contribution >= 4 is 36.3 Å². The van der Waals surface area contributed by atoms with Crippen LogP contribution in [0.25, 0.3) is 0 Å². The number of rotatable bonds is 4. The molecule has 1 saturated heterocycles. The summed E-state index contributed by atoms with van der Waals surface area (Å²) in [6, 6.07) is 3.45. The van der Waals surface area contributed by atoms with Gasteiger partial charge in [0.1, 0.15) is 0 Å². The summed E-state index contributed by atoms with van der Waals surface area (Å²) in [5, 5.41) is 15.9. The van der Waals surface area contributed by atoms with E-state index in [1.54, 1.807) is 0 Å². The van der Waals surface area contributed by atoms with Crippen LogP contribution in [0.3, 0.4) is 0 Å². The average molecular weight is 400 g/mol. The minimum Gasteiger partial charge on any atom is -0.369 e. The molecule has 1 aromatic heterocycles. The number of hydrogen-bond acceptors (Lipinski definition) is 5. The molecule has 7 heteroatoms. The Kier molecular flexibility index (Phi) is 6.20. The molecule has 4 aliphatic carbocycles. The van der Waals surface area contributed by atoms with Crippen LogP contribution in [0.1, 0.15) is 38.5 Å². The van der Waals surface area contributed by atoms with E-state index in [2.05, 4.69) is 38.8 Å². The number of halogens is 2. The smallest absolute Gasteiger partial charge is 0.150 e. The second-order valence-corrected chi connectivity index (χ2v) is 8.62. The quantitative estimate of drug-likeness (QED) is 0.812. The van der Waals surface area contributed by atoms with Gasteiger partial charge in [0, 0.05) is 31.2 Å². The SMILES string of the molecule is CN[C@@H]1CCN(c2cnnc(NC3C4CC5CC(C4)CC3C5)c2)C1.Cl.Cl. The summed E-state index contributed by atoms with van der Waals surface area (Å²) in [5.41, 5.74) is 1.22. The Balaban J connectivity index is 0.000000980. The van der Waals surface area contributed by atoms with E-state index in [4.69, 9.17) is 0 Å². The van der Waals surface area contributed by atoms with Gasteiger partial charge in [-0.2, -0.15) is 5.10 Å². The summed E-state index contributed by atoms with van der Waals surface area (Å²) in [6.07, 6.45) is 10.4. The van der Waals surface area contributed by atoms with Crippen LogP contribution in [0.15, 0.2) is 12.3 Å². The minimum absolute atomic E-state index is 0. The zero-order valence-corrected chi connectivity index (χ0v) is 17.1. The average Bonchev–Trinajstić information content (AvgIpc) is 3.07. The first-order valence-corrected chi connectivity index (χ1v) is 9.80. The molecule has 26 heavy (non-hydrogen) atoms. The first kappa shape index (κ1) is 20.0. The van der Waals surface area contributed by atoms with Crippen molar-refractivity contribution in [2.75, 3.05) is 30.4 Å². The molecule has 0 unspecified atom stereocenters. The fourth-order valence-corrected chi connectivity index (χ4v) is 6.16. The molecule has 1 aromatic rings. The summed E-state index contributed by atoms with van der Waals surface area (Å²) < 4.78 is 0. The third-order valence-electron chi connectivity index (χ3n) is 7.14. The molecular formula is C19H31Cl2N5. The highest BCUT2D eigenvalue weighted by Gasteiger charge is 2.48. The van der Waals surface area contributed by atoms with Gasteiger partial charge >= 0.3 is 0 Å². The lowest BCUT2D eigenvalue weighted by atomic mass is 9.54.